The Bertz CT molecular complexity index is 520. The van der Waals surface area contributed by atoms with Crippen LogP contribution in [0.25, 0.3) is 0 Å². The third-order valence-electron chi connectivity index (χ3n) is 2.07. The maximum atomic E-state index is 12.4. The topological polar surface area (TPSA) is 84.2 Å². The molecule has 0 aliphatic carbocycles. The molecule has 4 N–H and O–H groups in total. The van der Waals surface area contributed by atoms with E-state index in [0.717, 1.165) is 23.9 Å². The smallest absolute Gasteiger partial charge is 0.398 e. The predicted octanol–water partition coefficient (Wildman–Crippen LogP) is 1.55. The quantitative estimate of drug-likeness (QED) is 0.449. The van der Waals surface area contributed by atoms with Gasteiger partial charge in [0.25, 0.3) is 0 Å². The number of hydrogen-bond donors (Lipinski definition) is 3. The molecule has 0 spiro atoms. The van der Waals surface area contributed by atoms with Gasteiger partial charge in [-0.05, 0) is 18.2 Å². The molecular formula is C11H12F3N3O2S. The van der Waals surface area contributed by atoms with E-state index in [9.17, 15) is 22.8 Å². The van der Waals surface area contributed by atoms with Crippen LogP contribution in [0.2, 0.25) is 0 Å². The fourth-order valence-corrected chi connectivity index (χ4v) is 1.94. The molecule has 110 valence electrons. The van der Waals surface area contributed by atoms with Crippen LogP contribution in [0.1, 0.15) is 12.5 Å². The SMILES string of the molecule is CC(=O)NNC(=O)CSc1ccc(C(F)(F)F)cc1N. The van der Waals surface area contributed by atoms with E-state index in [4.69, 9.17) is 5.73 Å². The lowest BCUT2D eigenvalue weighted by atomic mass is 10.2. The third-order valence-corrected chi connectivity index (χ3v) is 3.16. The Morgan fingerprint density at radius 2 is 1.95 bits per heavy atom. The zero-order valence-corrected chi connectivity index (χ0v) is 11.2. The molecule has 0 unspecified atom stereocenters. The first-order valence-electron chi connectivity index (χ1n) is 5.35. The molecule has 1 rings (SSSR count). The second-order valence-electron chi connectivity index (χ2n) is 3.77. The standard InChI is InChI=1S/C11H12F3N3O2S/c1-6(18)16-17-10(19)5-20-9-3-2-7(4-8(9)15)11(12,13)14/h2-4H,5,15H2,1H3,(H,16,18)(H,17,19). The Morgan fingerprint density at radius 3 is 2.45 bits per heavy atom. The summed E-state index contributed by atoms with van der Waals surface area (Å²) in [4.78, 5) is 22.2. The molecule has 5 nitrogen and oxygen atoms in total. The fourth-order valence-electron chi connectivity index (χ4n) is 1.19. The lowest BCUT2D eigenvalue weighted by Crippen LogP contribution is -2.41. The van der Waals surface area contributed by atoms with E-state index in [1.807, 2.05) is 0 Å². The summed E-state index contributed by atoms with van der Waals surface area (Å²) in [5.41, 5.74) is 8.82. The number of halogens is 3. The number of carbonyl (C=O) groups excluding carboxylic acids is 2. The van der Waals surface area contributed by atoms with Gasteiger partial charge in [-0.2, -0.15) is 13.2 Å². The van der Waals surface area contributed by atoms with Crippen molar-refractivity contribution < 1.29 is 22.8 Å². The van der Waals surface area contributed by atoms with Gasteiger partial charge in [-0.1, -0.05) is 0 Å². The average Bonchev–Trinajstić information content (AvgIpc) is 2.33. The minimum Gasteiger partial charge on any atom is -0.398 e. The molecule has 0 bridgehead atoms. The number of alkyl halides is 3. The maximum absolute atomic E-state index is 12.4. The van der Waals surface area contributed by atoms with Crippen molar-refractivity contribution in [2.45, 2.75) is 18.0 Å². The summed E-state index contributed by atoms with van der Waals surface area (Å²) in [6.45, 7) is 1.22. The van der Waals surface area contributed by atoms with Gasteiger partial charge in [0.05, 0.1) is 11.3 Å². The van der Waals surface area contributed by atoms with Gasteiger partial charge in [-0.25, -0.2) is 0 Å². The zero-order chi connectivity index (χ0) is 15.3. The van der Waals surface area contributed by atoms with E-state index in [-0.39, 0.29) is 11.4 Å². The first-order valence-corrected chi connectivity index (χ1v) is 6.33. The van der Waals surface area contributed by atoms with Crippen molar-refractivity contribution in [2.75, 3.05) is 11.5 Å². The van der Waals surface area contributed by atoms with Gasteiger partial charge in [-0.15, -0.1) is 11.8 Å². The van der Waals surface area contributed by atoms with Crippen LogP contribution in [-0.2, 0) is 15.8 Å². The molecule has 0 atom stereocenters. The third kappa shape index (κ3) is 5.00. The van der Waals surface area contributed by atoms with Crippen LogP contribution in [0, 0.1) is 0 Å². The van der Waals surface area contributed by atoms with E-state index < -0.39 is 23.6 Å². The summed E-state index contributed by atoms with van der Waals surface area (Å²) in [5.74, 6) is -1.02. The molecule has 2 amide bonds. The van der Waals surface area contributed by atoms with E-state index in [0.29, 0.717) is 4.90 Å². The van der Waals surface area contributed by atoms with Crippen molar-refractivity contribution in [1.29, 1.82) is 0 Å². The Kier molecular flexibility index (Phi) is 5.26. The Labute approximate surface area is 117 Å². The molecule has 0 aliphatic rings. The van der Waals surface area contributed by atoms with Gasteiger partial charge in [0.15, 0.2) is 0 Å². The molecule has 0 aromatic heterocycles. The molecule has 1 aromatic rings. The average molecular weight is 307 g/mol. The summed E-state index contributed by atoms with van der Waals surface area (Å²) in [7, 11) is 0. The number of carbonyl (C=O) groups is 2. The van der Waals surface area contributed by atoms with Gasteiger partial charge in [0.1, 0.15) is 0 Å². The highest BCUT2D eigenvalue weighted by molar-refractivity contribution is 8.00. The van der Waals surface area contributed by atoms with E-state index in [1.54, 1.807) is 0 Å². The lowest BCUT2D eigenvalue weighted by molar-refractivity contribution is -0.137. The fraction of sp³-hybridized carbons (Fsp3) is 0.273. The summed E-state index contributed by atoms with van der Waals surface area (Å²) in [5, 5.41) is 0. The number of nitrogens with one attached hydrogen (secondary N) is 2. The van der Waals surface area contributed by atoms with Crippen molar-refractivity contribution in [3.05, 3.63) is 23.8 Å². The highest BCUT2D eigenvalue weighted by Crippen LogP contribution is 2.34. The van der Waals surface area contributed by atoms with Gasteiger partial charge in [0, 0.05) is 17.5 Å². The number of hydrazine groups is 1. The highest BCUT2D eigenvalue weighted by Gasteiger charge is 2.30. The summed E-state index contributed by atoms with van der Waals surface area (Å²) in [6.07, 6.45) is -4.46. The summed E-state index contributed by atoms with van der Waals surface area (Å²) in [6, 6.07) is 2.91. The summed E-state index contributed by atoms with van der Waals surface area (Å²) < 4.78 is 37.3. The predicted molar refractivity (Wildman–Crippen MR) is 68.5 cm³/mol. The largest absolute Gasteiger partial charge is 0.416 e. The van der Waals surface area contributed by atoms with Crippen molar-refractivity contribution in [2.24, 2.45) is 0 Å². The number of rotatable bonds is 3. The zero-order valence-electron chi connectivity index (χ0n) is 10.4. The molecule has 0 saturated carbocycles. The van der Waals surface area contributed by atoms with Crippen LogP contribution in [0.4, 0.5) is 18.9 Å². The molecule has 0 heterocycles. The number of amides is 2. The maximum Gasteiger partial charge on any atom is 0.416 e. The second-order valence-corrected chi connectivity index (χ2v) is 4.79. The first-order chi connectivity index (χ1) is 9.20. The van der Waals surface area contributed by atoms with Crippen LogP contribution in [0.5, 0.6) is 0 Å². The van der Waals surface area contributed by atoms with Crippen molar-refractivity contribution in [3.8, 4) is 0 Å². The monoisotopic (exact) mass is 307 g/mol. The number of hydrogen-bond acceptors (Lipinski definition) is 4. The van der Waals surface area contributed by atoms with E-state index in [2.05, 4.69) is 10.9 Å². The molecule has 20 heavy (non-hydrogen) atoms. The van der Waals surface area contributed by atoms with Crippen LogP contribution in [0.15, 0.2) is 23.1 Å². The number of anilines is 1. The van der Waals surface area contributed by atoms with Gasteiger partial charge >= 0.3 is 6.18 Å². The molecule has 0 radical (unpaired) electrons. The molecular weight excluding hydrogens is 295 g/mol. The highest BCUT2D eigenvalue weighted by atomic mass is 32.2. The van der Waals surface area contributed by atoms with Gasteiger partial charge < -0.3 is 5.73 Å². The molecule has 0 aliphatic heterocycles. The van der Waals surface area contributed by atoms with Crippen LogP contribution >= 0.6 is 11.8 Å². The lowest BCUT2D eigenvalue weighted by Gasteiger charge is -2.10. The van der Waals surface area contributed by atoms with Crippen molar-refractivity contribution in [3.63, 3.8) is 0 Å². The number of nitrogens with two attached hydrogens (primary N) is 1. The number of benzene rings is 1. The van der Waals surface area contributed by atoms with Gasteiger partial charge in [-0.3, -0.25) is 20.4 Å². The van der Waals surface area contributed by atoms with Crippen LogP contribution in [-0.4, -0.2) is 17.6 Å². The van der Waals surface area contributed by atoms with E-state index >= 15 is 0 Å². The normalized spacial score (nSPS) is 11.0. The summed E-state index contributed by atoms with van der Waals surface area (Å²) >= 11 is 0.970. The van der Waals surface area contributed by atoms with Gasteiger partial charge in [0.2, 0.25) is 11.8 Å². The molecule has 0 fully saturated rings. The van der Waals surface area contributed by atoms with Crippen LogP contribution in [0.3, 0.4) is 0 Å². The van der Waals surface area contributed by atoms with Crippen LogP contribution < -0.4 is 16.6 Å². The number of thioether (sulfide) groups is 1. The minimum atomic E-state index is -4.46. The minimum absolute atomic E-state index is 0.0582. The Hall–Kier alpha value is -1.90. The molecule has 0 saturated heterocycles. The van der Waals surface area contributed by atoms with E-state index in [1.165, 1.54) is 13.0 Å². The second kappa shape index (κ2) is 6.51. The molecule has 1 aromatic carbocycles. The first kappa shape index (κ1) is 16.2. The van der Waals surface area contributed by atoms with Crippen molar-refractivity contribution >= 4 is 29.3 Å². The Morgan fingerprint density at radius 1 is 1.30 bits per heavy atom. The van der Waals surface area contributed by atoms with Crippen molar-refractivity contribution in [1.82, 2.24) is 10.9 Å². The molecule has 9 heteroatoms. The number of nitrogen functional groups attached to an aromatic ring is 1. The Balaban J connectivity index is 2.61.